The molecule has 3 rings (SSSR count). The fourth-order valence-electron chi connectivity index (χ4n) is 2.70. The molecule has 2 aromatic carbocycles. The molecule has 1 amide bonds. The van der Waals surface area contributed by atoms with Crippen molar-refractivity contribution in [3.05, 3.63) is 84.2 Å². The molecule has 0 saturated carbocycles. The third-order valence-corrected chi connectivity index (χ3v) is 6.15. The molecular formula is C22H22N4O4S. The quantitative estimate of drug-likeness (QED) is 0.431. The van der Waals surface area contributed by atoms with E-state index in [2.05, 4.69) is 15.5 Å². The van der Waals surface area contributed by atoms with Gasteiger partial charge in [0.25, 0.3) is 15.9 Å². The number of anilines is 1. The van der Waals surface area contributed by atoms with Crippen molar-refractivity contribution < 1.29 is 17.9 Å². The van der Waals surface area contributed by atoms with E-state index in [0.29, 0.717) is 11.4 Å². The van der Waals surface area contributed by atoms with Crippen molar-refractivity contribution in [2.45, 2.75) is 11.8 Å². The average molecular weight is 439 g/mol. The van der Waals surface area contributed by atoms with Crippen LogP contribution in [0.1, 0.15) is 11.1 Å². The molecule has 1 N–H and O–H groups in total. The van der Waals surface area contributed by atoms with Crippen LogP contribution in [0.5, 0.6) is 5.75 Å². The van der Waals surface area contributed by atoms with Gasteiger partial charge in [-0.3, -0.25) is 14.1 Å². The Morgan fingerprint density at radius 2 is 1.71 bits per heavy atom. The van der Waals surface area contributed by atoms with E-state index < -0.39 is 22.5 Å². The van der Waals surface area contributed by atoms with Crippen LogP contribution in [0.3, 0.4) is 0 Å². The summed E-state index contributed by atoms with van der Waals surface area (Å²) in [4.78, 5) is 16.4. The molecule has 3 aromatic rings. The standard InChI is InChI=1S/C22H22N4O4S/c1-17-3-5-19(6-4-17)26(31(28,29)21-9-7-20(30-2)8-10-21)16-22(27)25-24-15-18-11-13-23-14-12-18/h3-15H,16H2,1-2H3,(H,25,27)/b24-15-. The van der Waals surface area contributed by atoms with Gasteiger partial charge in [0.15, 0.2) is 0 Å². The SMILES string of the molecule is COc1ccc(S(=O)(=O)N(CC(=O)N/N=C\c2ccncc2)c2ccc(C)cc2)cc1. The van der Waals surface area contributed by atoms with E-state index in [1.54, 1.807) is 60.9 Å². The maximum Gasteiger partial charge on any atom is 0.264 e. The normalized spacial score (nSPS) is 11.3. The number of ether oxygens (including phenoxy) is 1. The van der Waals surface area contributed by atoms with Gasteiger partial charge in [0, 0.05) is 12.4 Å². The lowest BCUT2D eigenvalue weighted by molar-refractivity contribution is -0.119. The number of rotatable bonds is 8. The predicted octanol–water partition coefficient (Wildman–Crippen LogP) is 2.74. The van der Waals surface area contributed by atoms with Crippen LogP contribution in [0.2, 0.25) is 0 Å². The summed E-state index contributed by atoms with van der Waals surface area (Å²) in [6.07, 6.45) is 4.65. The molecule has 1 aromatic heterocycles. The number of hydrogen-bond acceptors (Lipinski definition) is 6. The Kier molecular flexibility index (Phi) is 6.99. The van der Waals surface area contributed by atoms with Crippen LogP contribution < -0.4 is 14.5 Å². The highest BCUT2D eigenvalue weighted by molar-refractivity contribution is 7.92. The van der Waals surface area contributed by atoms with E-state index in [4.69, 9.17) is 4.74 Å². The fourth-order valence-corrected chi connectivity index (χ4v) is 4.12. The van der Waals surface area contributed by atoms with Gasteiger partial charge >= 0.3 is 0 Å². The molecule has 0 aliphatic rings. The number of sulfonamides is 1. The number of nitrogens with one attached hydrogen (secondary N) is 1. The van der Waals surface area contributed by atoms with E-state index in [-0.39, 0.29) is 4.90 Å². The molecule has 9 heteroatoms. The van der Waals surface area contributed by atoms with Gasteiger partial charge in [-0.2, -0.15) is 5.10 Å². The van der Waals surface area contributed by atoms with E-state index in [1.807, 2.05) is 6.92 Å². The lowest BCUT2D eigenvalue weighted by Gasteiger charge is -2.24. The third kappa shape index (κ3) is 5.67. The molecule has 0 saturated heterocycles. The highest BCUT2D eigenvalue weighted by atomic mass is 32.2. The van der Waals surface area contributed by atoms with E-state index in [9.17, 15) is 13.2 Å². The summed E-state index contributed by atoms with van der Waals surface area (Å²) in [5.74, 6) is -0.0491. The number of hydrazone groups is 1. The number of methoxy groups -OCH3 is 1. The zero-order valence-corrected chi connectivity index (χ0v) is 17.9. The Bertz CT molecular complexity index is 1150. The van der Waals surface area contributed by atoms with Gasteiger partial charge in [-0.25, -0.2) is 13.8 Å². The lowest BCUT2D eigenvalue weighted by atomic mass is 10.2. The molecule has 0 radical (unpaired) electrons. The van der Waals surface area contributed by atoms with Crippen LogP contribution in [0.4, 0.5) is 5.69 Å². The largest absolute Gasteiger partial charge is 0.497 e. The number of carbonyl (C=O) groups is 1. The second kappa shape index (κ2) is 9.86. The van der Waals surface area contributed by atoms with Crippen molar-refractivity contribution in [3.8, 4) is 5.75 Å². The highest BCUT2D eigenvalue weighted by Gasteiger charge is 2.27. The predicted molar refractivity (Wildman–Crippen MR) is 119 cm³/mol. The smallest absolute Gasteiger partial charge is 0.264 e. The van der Waals surface area contributed by atoms with E-state index in [1.165, 1.54) is 25.5 Å². The average Bonchev–Trinajstić information content (AvgIpc) is 2.79. The summed E-state index contributed by atoms with van der Waals surface area (Å²) in [6, 6.07) is 16.3. The summed E-state index contributed by atoms with van der Waals surface area (Å²) in [5, 5.41) is 3.89. The van der Waals surface area contributed by atoms with Crippen molar-refractivity contribution in [1.29, 1.82) is 0 Å². The molecule has 1 heterocycles. The molecule has 8 nitrogen and oxygen atoms in total. The Labute approximate surface area is 181 Å². The number of benzene rings is 2. The molecule has 31 heavy (non-hydrogen) atoms. The monoisotopic (exact) mass is 438 g/mol. The van der Waals surface area contributed by atoms with Gasteiger partial charge in [-0.05, 0) is 61.0 Å². The third-order valence-electron chi connectivity index (χ3n) is 4.37. The summed E-state index contributed by atoms with van der Waals surface area (Å²) >= 11 is 0. The van der Waals surface area contributed by atoms with Crippen molar-refractivity contribution in [3.63, 3.8) is 0 Å². The molecule has 0 bridgehead atoms. The number of aromatic nitrogens is 1. The van der Waals surface area contributed by atoms with Crippen molar-refractivity contribution in [2.75, 3.05) is 18.0 Å². The highest BCUT2D eigenvalue weighted by Crippen LogP contribution is 2.25. The molecule has 0 atom stereocenters. The second-order valence-electron chi connectivity index (χ2n) is 6.60. The number of aryl methyl sites for hydroxylation is 1. The summed E-state index contributed by atoms with van der Waals surface area (Å²) in [5.41, 5.74) is 4.45. The van der Waals surface area contributed by atoms with Crippen LogP contribution in [0.25, 0.3) is 0 Å². The van der Waals surface area contributed by atoms with Gasteiger partial charge in [0.05, 0.1) is 23.9 Å². The molecule has 0 unspecified atom stereocenters. The Morgan fingerprint density at radius 3 is 2.32 bits per heavy atom. The number of amides is 1. The summed E-state index contributed by atoms with van der Waals surface area (Å²) < 4.78 is 32.8. The van der Waals surface area contributed by atoms with Crippen LogP contribution in [0, 0.1) is 6.92 Å². The molecule has 160 valence electrons. The minimum atomic E-state index is -4.01. The maximum absolute atomic E-state index is 13.3. The van der Waals surface area contributed by atoms with E-state index >= 15 is 0 Å². The molecule has 0 aliphatic heterocycles. The second-order valence-corrected chi connectivity index (χ2v) is 8.46. The molecule has 0 spiro atoms. The van der Waals surface area contributed by atoms with Crippen molar-refractivity contribution in [1.82, 2.24) is 10.4 Å². The summed E-state index contributed by atoms with van der Waals surface area (Å²) in [6.45, 7) is 1.46. The van der Waals surface area contributed by atoms with Crippen LogP contribution in [0.15, 0.2) is 83.1 Å². The summed E-state index contributed by atoms with van der Waals surface area (Å²) in [7, 11) is -2.51. The first kappa shape index (κ1) is 22.0. The van der Waals surface area contributed by atoms with Crippen LogP contribution >= 0.6 is 0 Å². The minimum absolute atomic E-state index is 0.0435. The lowest BCUT2D eigenvalue weighted by Crippen LogP contribution is -2.39. The topological polar surface area (TPSA) is 101 Å². The zero-order chi connectivity index (χ0) is 22.3. The van der Waals surface area contributed by atoms with Gasteiger partial charge in [-0.1, -0.05) is 17.7 Å². The Hall–Kier alpha value is -3.72. The Morgan fingerprint density at radius 1 is 1.06 bits per heavy atom. The van der Waals surface area contributed by atoms with Gasteiger partial charge < -0.3 is 4.74 Å². The zero-order valence-electron chi connectivity index (χ0n) is 17.1. The maximum atomic E-state index is 13.3. The molecular weight excluding hydrogens is 416 g/mol. The van der Waals surface area contributed by atoms with Crippen LogP contribution in [-0.4, -0.2) is 39.2 Å². The van der Waals surface area contributed by atoms with Crippen molar-refractivity contribution >= 4 is 27.8 Å². The Balaban J connectivity index is 1.84. The first-order chi connectivity index (χ1) is 14.9. The van der Waals surface area contributed by atoms with Crippen LogP contribution in [-0.2, 0) is 14.8 Å². The van der Waals surface area contributed by atoms with Gasteiger partial charge in [0.2, 0.25) is 0 Å². The number of carbonyl (C=O) groups excluding carboxylic acids is 1. The fraction of sp³-hybridized carbons (Fsp3) is 0.136. The molecule has 0 fully saturated rings. The van der Waals surface area contributed by atoms with Gasteiger partial charge in [0.1, 0.15) is 12.3 Å². The number of hydrogen-bond donors (Lipinski definition) is 1. The number of pyridine rings is 1. The first-order valence-electron chi connectivity index (χ1n) is 9.35. The first-order valence-corrected chi connectivity index (χ1v) is 10.8. The number of nitrogens with zero attached hydrogens (tertiary/aromatic N) is 3. The molecule has 0 aliphatic carbocycles. The van der Waals surface area contributed by atoms with Crippen molar-refractivity contribution in [2.24, 2.45) is 5.10 Å². The van der Waals surface area contributed by atoms with E-state index in [0.717, 1.165) is 15.4 Å². The van der Waals surface area contributed by atoms with Gasteiger partial charge in [-0.15, -0.1) is 0 Å². The minimum Gasteiger partial charge on any atom is -0.497 e.